The Morgan fingerprint density at radius 2 is 1.77 bits per heavy atom. The number of rotatable bonds is 5. The normalized spacial score (nSPS) is 28.4. The molecular weight excluding hydrogens is 348 g/mol. The van der Waals surface area contributed by atoms with E-state index in [2.05, 4.69) is 9.88 Å². The molecule has 2 fully saturated rings. The predicted molar refractivity (Wildman–Crippen MR) is 102 cm³/mol. The molecule has 138 valence electrons. The molecule has 2 N–H and O–H groups in total. The number of aromatic hydroxyl groups is 1. The monoisotopic (exact) mass is 372 g/mol. The third kappa shape index (κ3) is 4.03. The zero-order valence-corrected chi connectivity index (χ0v) is 15.6. The first-order chi connectivity index (χ1) is 12.5. The minimum atomic E-state index is -0.576. The molecule has 2 aliphatic rings. The van der Waals surface area contributed by atoms with Crippen LogP contribution in [0.25, 0.3) is 0 Å². The van der Waals surface area contributed by atoms with Crippen LogP contribution in [0.1, 0.15) is 24.1 Å². The maximum atomic E-state index is 11.1. The van der Waals surface area contributed by atoms with Crippen LogP contribution >= 0.6 is 11.6 Å². The van der Waals surface area contributed by atoms with E-state index in [0.717, 1.165) is 55.2 Å². The van der Waals surface area contributed by atoms with Crippen molar-refractivity contribution in [3.8, 4) is 5.75 Å². The SMILES string of the molecule is Oc1ccc(CCN2C[C@@H]3C[C@@](O)(Cc4ccc(Cl)cc4)C[C@@H]3C2)nc1. The van der Waals surface area contributed by atoms with E-state index >= 15 is 0 Å². The lowest BCUT2D eigenvalue weighted by Crippen LogP contribution is -2.32. The largest absolute Gasteiger partial charge is 0.506 e. The summed E-state index contributed by atoms with van der Waals surface area (Å²) in [7, 11) is 0. The molecule has 1 aromatic carbocycles. The van der Waals surface area contributed by atoms with Crippen molar-refractivity contribution in [2.45, 2.75) is 31.3 Å². The van der Waals surface area contributed by atoms with E-state index in [1.165, 1.54) is 6.20 Å². The van der Waals surface area contributed by atoms with Gasteiger partial charge in [0.25, 0.3) is 0 Å². The van der Waals surface area contributed by atoms with Crippen LogP contribution in [0, 0.1) is 11.8 Å². The molecule has 5 heteroatoms. The van der Waals surface area contributed by atoms with Crippen molar-refractivity contribution in [3.05, 3.63) is 58.9 Å². The Morgan fingerprint density at radius 3 is 2.38 bits per heavy atom. The lowest BCUT2D eigenvalue weighted by Gasteiger charge is -2.26. The number of pyridine rings is 1. The predicted octanol–water partition coefficient (Wildman–Crippen LogP) is 3.30. The molecule has 0 radical (unpaired) electrons. The van der Waals surface area contributed by atoms with Crippen LogP contribution in [0.2, 0.25) is 5.02 Å². The van der Waals surface area contributed by atoms with Gasteiger partial charge in [-0.15, -0.1) is 0 Å². The number of nitrogens with zero attached hydrogens (tertiary/aromatic N) is 2. The highest BCUT2D eigenvalue weighted by atomic mass is 35.5. The van der Waals surface area contributed by atoms with Gasteiger partial charge in [-0.1, -0.05) is 23.7 Å². The molecule has 4 rings (SSSR count). The van der Waals surface area contributed by atoms with Crippen molar-refractivity contribution in [2.24, 2.45) is 11.8 Å². The Hall–Kier alpha value is -1.62. The molecular formula is C21H25ClN2O2. The molecule has 1 aliphatic carbocycles. The Morgan fingerprint density at radius 1 is 1.08 bits per heavy atom. The van der Waals surface area contributed by atoms with E-state index in [1.54, 1.807) is 6.07 Å². The molecule has 2 heterocycles. The van der Waals surface area contributed by atoms with Crippen LogP contribution in [0.15, 0.2) is 42.6 Å². The van der Waals surface area contributed by atoms with Crippen molar-refractivity contribution in [1.29, 1.82) is 0 Å². The Balaban J connectivity index is 1.29. The van der Waals surface area contributed by atoms with Gasteiger partial charge in [0.05, 0.1) is 11.8 Å². The maximum absolute atomic E-state index is 11.1. The highest BCUT2D eigenvalue weighted by molar-refractivity contribution is 6.30. The molecule has 3 atom stereocenters. The van der Waals surface area contributed by atoms with Gasteiger partial charge in [-0.05, 0) is 54.5 Å². The van der Waals surface area contributed by atoms with E-state index in [1.807, 2.05) is 30.3 Å². The molecule has 1 saturated carbocycles. The number of fused-ring (bicyclic) bond motifs is 1. The molecule has 1 aliphatic heterocycles. The van der Waals surface area contributed by atoms with Gasteiger partial charge < -0.3 is 15.1 Å². The third-order valence-corrected chi connectivity index (χ3v) is 6.13. The van der Waals surface area contributed by atoms with E-state index in [9.17, 15) is 10.2 Å². The van der Waals surface area contributed by atoms with Crippen LogP contribution in [-0.4, -0.2) is 45.3 Å². The summed E-state index contributed by atoms with van der Waals surface area (Å²) >= 11 is 5.95. The van der Waals surface area contributed by atoms with Crippen LogP contribution in [0.4, 0.5) is 0 Å². The summed E-state index contributed by atoms with van der Waals surface area (Å²) in [4.78, 5) is 6.75. The van der Waals surface area contributed by atoms with Crippen LogP contribution in [0.5, 0.6) is 5.75 Å². The lowest BCUT2D eigenvalue weighted by atomic mass is 9.91. The van der Waals surface area contributed by atoms with Crippen molar-refractivity contribution in [1.82, 2.24) is 9.88 Å². The second-order valence-electron chi connectivity index (χ2n) is 7.97. The van der Waals surface area contributed by atoms with Crippen molar-refractivity contribution in [3.63, 3.8) is 0 Å². The first kappa shape index (κ1) is 17.8. The number of hydrogen-bond donors (Lipinski definition) is 2. The van der Waals surface area contributed by atoms with Gasteiger partial charge in [-0.2, -0.15) is 0 Å². The molecule has 1 aromatic heterocycles. The molecule has 26 heavy (non-hydrogen) atoms. The average molecular weight is 373 g/mol. The Bertz CT molecular complexity index is 734. The number of likely N-dealkylation sites (tertiary alicyclic amines) is 1. The van der Waals surface area contributed by atoms with Gasteiger partial charge in [-0.25, -0.2) is 0 Å². The van der Waals surface area contributed by atoms with E-state index in [0.29, 0.717) is 18.3 Å². The Labute approximate surface area is 159 Å². The highest BCUT2D eigenvalue weighted by Crippen LogP contribution is 2.45. The van der Waals surface area contributed by atoms with Gasteiger partial charge in [-0.3, -0.25) is 4.98 Å². The summed E-state index contributed by atoms with van der Waals surface area (Å²) in [6.45, 7) is 3.11. The summed E-state index contributed by atoms with van der Waals surface area (Å²) in [5, 5.41) is 21.1. The summed E-state index contributed by atoms with van der Waals surface area (Å²) in [6, 6.07) is 11.4. The summed E-state index contributed by atoms with van der Waals surface area (Å²) < 4.78 is 0. The van der Waals surface area contributed by atoms with Crippen molar-refractivity contribution < 1.29 is 10.2 Å². The minimum Gasteiger partial charge on any atom is -0.506 e. The molecule has 0 spiro atoms. The van der Waals surface area contributed by atoms with Crippen molar-refractivity contribution in [2.75, 3.05) is 19.6 Å². The smallest absolute Gasteiger partial charge is 0.133 e. The summed E-state index contributed by atoms with van der Waals surface area (Å²) in [5.74, 6) is 1.38. The fourth-order valence-corrected chi connectivity index (χ4v) is 4.83. The number of aromatic nitrogens is 1. The first-order valence-electron chi connectivity index (χ1n) is 9.32. The molecule has 0 bridgehead atoms. The average Bonchev–Trinajstić information content (AvgIpc) is 3.11. The second kappa shape index (κ2) is 7.18. The van der Waals surface area contributed by atoms with Gasteiger partial charge in [0.2, 0.25) is 0 Å². The quantitative estimate of drug-likeness (QED) is 0.845. The summed E-state index contributed by atoms with van der Waals surface area (Å²) in [6.07, 6.45) is 4.89. The topological polar surface area (TPSA) is 56.6 Å². The number of halogens is 1. The van der Waals surface area contributed by atoms with E-state index in [4.69, 9.17) is 11.6 Å². The number of benzene rings is 1. The standard InChI is InChI=1S/C21H25ClN2O2/c22-18-3-1-15(2-4-18)9-21(26)10-16-13-24(14-17(16)11-21)8-7-19-5-6-20(25)12-23-19/h1-6,12,16-17,25-26H,7-11,13-14H2/t16-,17+,21-. The van der Waals surface area contributed by atoms with Gasteiger partial charge >= 0.3 is 0 Å². The van der Waals surface area contributed by atoms with Crippen LogP contribution < -0.4 is 0 Å². The summed E-state index contributed by atoms with van der Waals surface area (Å²) in [5.41, 5.74) is 1.60. The zero-order valence-electron chi connectivity index (χ0n) is 14.8. The fraction of sp³-hybridized carbons (Fsp3) is 0.476. The van der Waals surface area contributed by atoms with Crippen molar-refractivity contribution >= 4 is 11.6 Å². The molecule has 1 saturated heterocycles. The first-order valence-corrected chi connectivity index (χ1v) is 9.70. The number of hydrogen-bond acceptors (Lipinski definition) is 4. The van der Waals surface area contributed by atoms with Gasteiger partial charge in [0.1, 0.15) is 5.75 Å². The highest BCUT2D eigenvalue weighted by Gasteiger charge is 2.47. The van der Waals surface area contributed by atoms with Crippen LogP contribution in [0.3, 0.4) is 0 Å². The van der Waals surface area contributed by atoms with Gasteiger partial charge in [0, 0.05) is 43.2 Å². The third-order valence-electron chi connectivity index (χ3n) is 5.88. The maximum Gasteiger partial charge on any atom is 0.133 e. The number of aliphatic hydroxyl groups is 1. The van der Waals surface area contributed by atoms with E-state index < -0.39 is 5.60 Å². The second-order valence-corrected chi connectivity index (χ2v) is 8.41. The molecule has 2 aromatic rings. The fourth-order valence-electron chi connectivity index (χ4n) is 4.70. The van der Waals surface area contributed by atoms with Crippen LogP contribution in [-0.2, 0) is 12.8 Å². The minimum absolute atomic E-state index is 0.212. The van der Waals surface area contributed by atoms with Gasteiger partial charge in [0.15, 0.2) is 0 Å². The molecule has 4 nitrogen and oxygen atoms in total. The molecule has 0 unspecified atom stereocenters. The lowest BCUT2D eigenvalue weighted by molar-refractivity contribution is 0.0355. The zero-order chi connectivity index (χ0) is 18.1. The Kier molecular flexibility index (Phi) is 4.91. The molecule has 0 amide bonds. The van der Waals surface area contributed by atoms with E-state index in [-0.39, 0.29) is 5.75 Å².